The van der Waals surface area contributed by atoms with Gasteiger partial charge in [0, 0.05) is 13.0 Å². The highest BCUT2D eigenvalue weighted by atomic mass is 16.6. The molecule has 0 amide bonds. The molecule has 0 fully saturated rings. The summed E-state index contributed by atoms with van der Waals surface area (Å²) in [6.45, 7) is 5.26. The highest BCUT2D eigenvalue weighted by Crippen LogP contribution is 2.12. The van der Waals surface area contributed by atoms with Crippen molar-refractivity contribution in [1.82, 2.24) is 0 Å². The Kier molecular flexibility index (Phi) is 26.7. The van der Waals surface area contributed by atoms with Crippen molar-refractivity contribution in [1.29, 1.82) is 0 Å². The number of allylic oxidation sites excluding steroid dienone is 2. The van der Waals surface area contributed by atoms with Crippen molar-refractivity contribution in [3.05, 3.63) is 12.2 Å². The minimum atomic E-state index is -0.526. The molecule has 1 N–H and O–H groups in total. The van der Waals surface area contributed by atoms with Crippen LogP contribution in [0.4, 0.5) is 0 Å². The van der Waals surface area contributed by atoms with Crippen LogP contribution in [0.5, 0.6) is 0 Å². The Morgan fingerprint density at radius 1 is 0.697 bits per heavy atom. The summed E-state index contributed by atoms with van der Waals surface area (Å²) >= 11 is 0. The van der Waals surface area contributed by atoms with Crippen LogP contribution in [0.1, 0.15) is 142 Å². The zero-order valence-corrected chi connectivity index (χ0v) is 22.2. The van der Waals surface area contributed by atoms with E-state index in [1.807, 2.05) is 0 Å². The summed E-state index contributed by atoms with van der Waals surface area (Å²) in [6.07, 6.45) is 28.0. The Balaban J connectivity index is 3.46. The van der Waals surface area contributed by atoms with E-state index in [0.717, 1.165) is 19.3 Å². The van der Waals surface area contributed by atoms with Crippen LogP contribution in [0.3, 0.4) is 0 Å². The number of rotatable bonds is 26. The van der Waals surface area contributed by atoms with E-state index in [-0.39, 0.29) is 12.6 Å². The van der Waals surface area contributed by atoms with Gasteiger partial charge in [-0.15, -0.1) is 0 Å². The number of hydrogen-bond acceptors (Lipinski definition) is 4. The van der Waals surface area contributed by atoms with Gasteiger partial charge in [0.25, 0.3) is 0 Å². The lowest BCUT2D eigenvalue weighted by Crippen LogP contribution is -2.27. The molecule has 4 heteroatoms. The normalized spacial score (nSPS) is 12.5. The van der Waals surface area contributed by atoms with Crippen molar-refractivity contribution in [2.75, 3.05) is 19.8 Å². The molecular formula is C29H56O4. The monoisotopic (exact) mass is 468 g/mol. The van der Waals surface area contributed by atoms with Crippen molar-refractivity contribution in [2.24, 2.45) is 0 Å². The molecule has 0 rings (SSSR count). The predicted octanol–water partition coefficient (Wildman–Crippen LogP) is 8.31. The van der Waals surface area contributed by atoms with Crippen molar-refractivity contribution >= 4 is 5.97 Å². The van der Waals surface area contributed by atoms with Crippen LogP contribution in [0.15, 0.2) is 12.2 Å². The summed E-state index contributed by atoms with van der Waals surface area (Å²) < 4.78 is 11.0. The molecular weight excluding hydrogens is 412 g/mol. The predicted molar refractivity (Wildman–Crippen MR) is 141 cm³/mol. The van der Waals surface area contributed by atoms with Gasteiger partial charge in [-0.25, -0.2) is 0 Å². The third-order valence-corrected chi connectivity index (χ3v) is 6.07. The van der Waals surface area contributed by atoms with Gasteiger partial charge >= 0.3 is 5.97 Å². The Labute approximate surface area is 205 Å². The number of unbranched alkanes of at least 4 members (excludes halogenated alkanes) is 16. The van der Waals surface area contributed by atoms with E-state index in [4.69, 9.17) is 9.47 Å². The lowest BCUT2D eigenvalue weighted by molar-refractivity contribution is -0.154. The zero-order valence-electron chi connectivity index (χ0n) is 22.2. The highest BCUT2D eigenvalue weighted by Gasteiger charge is 2.13. The maximum absolute atomic E-state index is 12.0. The smallest absolute Gasteiger partial charge is 0.306 e. The molecule has 0 spiro atoms. The van der Waals surface area contributed by atoms with Gasteiger partial charge in [0.1, 0.15) is 6.10 Å². The summed E-state index contributed by atoms with van der Waals surface area (Å²) in [4.78, 5) is 12.0. The molecule has 0 aromatic rings. The maximum atomic E-state index is 12.0. The molecule has 0 aliphatic rings. The fraction of sp³-hybridized carbons (Fsp3) is 0.897. The second-order valence-corrected chi connectivity index (χ2v) is 9.47. The summed E-state index contributed by atoms with van der Waals surface area (Å²) in [5, 5.41) is 9.45. The van der Waals surface area contributed by atoms with Gasteiger partial charge < -0.3 is 14.6 Å². The first-order valence-corrected chi connectivity index (χ1v) is 14.3. The molecule has 0 aromatic heterocycles. The number of esters is 1. The van der Waals surface area contributed by atoms with Crippen LogP contribution < -0.4 is 0 Å². The van der Waals surface area contributed by atoms with E-state index >= 15 is 0 Å². The summed E-state index contributed by atoms with van der Waals surface area (Å²) in [5.74, 6) is -0.207. The average molecular weight is 469 g/mol. The Hall–Kier alpha value is -0.870. The first-order chi connectivity index (χ1) is 16.2. The zero-order chi connectivity index (χ0) is 24.2. The number of carbonyl (C=O) groups excluding carboxylic acids is 1. The van der Waals surface area contributed by atoms with Crippen LogP contribution in [-0.4, -0.2) is 37.0 Å². The molecule has 4 nitrogen and oxygen atoms in total. The molecule has 1 unspecified atom stereocenters. The maximum Gasteiger partial charge on any atom is 0.306 e. The quantitative estimate of drug-likeness (QED) is 0.0787. The van der Waals surface area contributed by atoms with Crippen LogP contribution in [-0.2, 0) is 14.3 Å². The Morgan fingerprint density at radius 3 is 1.85 bits per heavy atom. The van der Waals surface area contributed by atoms with Gasteiger partial charge in [-0.2, -0.15) is 0 Å². The summed E-state index contributed by atoms with van der Waals surface area (Å²) in [5.41, 5.74) is 0. The molecule has 0 aliphatic heterocycles. The van der Waals surface area contributed by atoms with E-state index in [9.17, 15) is 9.90 Å². The van der Waals surface area contributed by atoms with Crippen molar-refractivity contribution in [3.63, 3.8) is 0 Å². The molecule has 0 saturated carbocycles. The van der Waals surface area contributed by atoms with Gasteiger partial charge in [-0.3, -0.25) is 4.79 Å². The Bertz CT molecular complexity index is 422. The van der Waals surface area contributed by atoms with Gasteiger partial charge in [0.05, 0.1) is 13.2 Å². The Morgan fingerprint density at radius 2 is 1.24 bits per heavy atom. The molecule has 1 atom stereocenters. The van der Waals surface area contributed by atoms with Gasteiger partial charge in [-0.05, 0) is 32.1 Å². The second kappa shape index (κ2) is 27.4. The molecule has 0 aromatic carbocycles. The van der Waals surface area contributed by atoms with Crippen LogP contribution in [0, 0.1) is 0 Å². The number of aliphatic hydroxyl groups excluding tert-OH is 1. The van der Waals surface area contributed by atoms with Crippen molar-refractivity contribution in [2.45, 2.75) is 148 Å². The second-order valence-electron chi connectivity index (χ2n) is 9.47. The lowest BCUT2D eigenvalue weighted by atomic mass is 10.1. The molecule has 0 saturated heterocycles. The molecule has 0 aliphatic carbocycles. The van der Waals surface area contributed by atoms with E-state index in [0.29, 0.717) is 19.6 Å². The van der Waals surface area contributed by atoms with Crippen molar-refractivity contribution < 1.29 is 19.4 Å². The number of aliphatic hydroxyl groups is 1. The number of carbonyl (C=O) groups is 1. The van der Waals surface area contributed by atoms with Gasteiger partial charge in [-0.1, -0.05) is 116 Å². The summed E-state index contributed by atoms with van der Waals surface area (Å²) in [6, 6.07) is 0. The fourth-order valence-electron chi connectivity index (χ4n) is 3.92. The van der Waals surface area contributed by atoms with Gasteiger partial charge in [0.2, 0.25) is 0 Å². The molecule has 0 radical (unpaired) electrons. The summed E-state index contributed by atoms with van der Waals surface area (Å²) in [7, 11) is 0. The third kappa shape index (κ3) is 25.6. The van der Waals surface area contributed by atoms with E-state index in [1.165, 1.54) is 103 Å². The van der Waals surface area contributed by atoms with E-state index in [1.54, 1.807) is 0 Å². The lowest BCUT2D eigenvalue weighted by Gasteiger charge is -2.15. The standard InChI is InChI=1S/C29H56O4/c1-3-5-7-9-11-13-15-17-19-21-23-25-32-27-28(26-30)33-29(31)24-22-20-18-16-14-12-10-8-6-4-2/h7,9,28,30H,3-6,8,10-27H2,1-2H3/b9-7-. The first kappa shape index (κ1) is 32.1. The van der Waals surface area contributed by atoms with E-state index in [2.05, 4.69) is 26.0 Å². The van der Waals surface area contributed by atoms with Crippen LogP contribution >= 0.6 is 0 Å². The number of ether oxygens (including phenoxy) is 2. The molecule has 196 valence electrons. The highest BCUT2D eigenvalue weighted by molar-refractivity contribution is 5.69. The number of hydrogen-bond donors (Lipinski definition) is 1. The van der Waals surface area contributed by atoms with E-state index < -0.39 is 6.10 Å². The van der Waals surface area contributed by atoms with Crippen LogP contribution in [0.25, 0.3) is 0 Å². The topological polar surface area (TPSA) is 55.8 Å². The largest absolute Gasteiger partial charge is 0.457 e. The van der Waals surface area contributed by atoms with Gasteiger partial charge in [0.15, 0.2) is 0 Å². The molecule has 33 heavy (non-hydrogen) atoms. The molecule has 0 bridgehead atoms. The van der Waals surface area contributed by atoms with Crippen molar-refractivity contribution in [3.8, 4) is 0 Å². The minimum Gasteiger partial charge on any atom is -0.457 e. The first-order valence-electron chi connectivity index (χ1n) is 14.3. The fourth-order valence-corrected chi connectivity index (χ4v) is 3.92. The van der Waals surface area contributed by atoms with Crippen LogP contribution in [0.2, 0.25) is 0 Å². The minimum absolute atomic E-state index is 0.170. The third-order valence-electron chi connectivity index (χ3n) is 6.07. The molecule has 0 heterocycles. The average Bonchev–Trinajstić information content (AvgIpc) is 2.82. The SMILES string of the molecule is CCC/C=C\CCCCCCCCOCC(CO)OC(=O)CCCCCCCCCCCC.